The third kappa shape index (κ3) is 3.77. The molecule has 0 saturated heterocycles. The van der Waals surface area contributed by atoms with Crippen LogP contribution < -0.4 is 5.32 Å². The van der Waals surface area contributed by atoms with Gasteiger partial charge in [0.15, 0.2) is 0 Å². The first kappa shape index (κ1) is 14.0. The third-order valence-electron chi connectivity index (χ3n) is 3.08. The fourth-order valence-electron chi connectivity index (χ4n) is 2.11. The number of hydrogen-bond donors (Lipinski definition) is 1. The summed E-state index contributed by atoms with van der Waals surface area (Å²) in [5, 5.41) is 4.64. The van der Waals surface area contributed by atoms with Gasteiger partial charge in [0.25, 0.3) is 0 Å². The highest BCUT2D eigenvalue weighted by molar-refractivity contribution is 7.84. The maximum absolute atomic E-state index is 11.1. The van der Waals surface area contributed by atoms with Crippen LogP contribution >= 0.6 is 0 Å². The van der Waals surface area contributed by atoms with Crippen molar-refractivity contribution in [2.75, 3.05) is 17.3 Å². The van der Waals surface area contributed by atoms with Gasteiger partial charge < -0.3 is 5.32 Å². The van der Waals surface area contributed by atoms with Crippen molar-refractivity contribution in [3.63, 3.8) is 0 Å². The maximum atomic E-state index is 11.1. The van der Waals surface area contributed by atoms with Crippen LogP contribution in [0.5, 0.6) is 0 Å². The Labute approximate surface area is 116 Å². The van der Waals surface area contributed by atoms with Crippen molar-refractivity contribution in [1.29, 1.82) is 0 Å². The quantitative estimate of drug-likeness (QED) is 0.912. The Hall–Kier alpha value is -1.42. The molecule has 1 aromatic heterocycles. The van der Waals surface area contributed by atoms with Gasteiger partial charge >= 0.3 is 0 Å². The molecule has 0 spiro atoms. The molecule has 0 aliphatic carbocycles. The lowest BCUT2D eigenvalue weighted by molar-refractivity contribution is 0.678. The first-order chi connectivity index (χ1) is 9.06. The van der Waals surface area contributed by atoms with Gasteiger partial charge in [0.1, 0.15) is 0 Å². The first-order valence-corrected chi connectivity index (χ1v) is 8.22. The van der Waals surface area contributed by atoms with Gasteiger partial charge in [-0.05, 0) is 32.4 Å². The van der Waals surface area contributed by atoms with Gasteiger partial charge in [-0.3, -0.25) is 9.19 Å². The lowest BCUT2D eigenvalue weighted by Gasteiger charge is -2.17. The van der Waals surface area contributed by atoms with Crippen molar-refractivity contribution in [2.24, 2.45) is 0 Å². The Morgan fingerprint density at radius 2 is 2.11 bits per heavy atom. The summed E-state index contributed by atoms with van der Waals surface area (Å²) in [6.45, 7) is 4.13. The minimum Gasteiger partial charge on any atom is -0.382 e. The Morgan fingerprint density at radius 1 is 1.37 bits per heavy atom. The Bertz CT molecular complexity index is 598. The van der Waals surface area contributed by atoms with E-state index in [-0.39, 0.29) is 0 Å². The number of anilines is 1. The van der Waals surface area contributed by atoms with Gasteiger partial charge in [-0.2, -0.15) is 0 Å². The molecule has 0 aliphatic heterocycles. The molecule has 0 aliphatic rings. The smallest absolute Gasteiger partial charge is 0.0725 e. The number of benzene rings is 1. The Kier molecular flexibility index (Phi) is 4.53. The van der Waals surface area contributed by atoms with E-state index in [2.05, 4.69) is 29.4 Å². The second kappa shape index (κ2) is 6.15. The summed E-state index contributed by atoms with van der Waals surface area (Å²) in [6.07, 6.45) is 2.65. The van der Waals surface area contributed by atoms with E-state index in [0.717, 1.165) is 34.5 Å². The van der Waals surface area contributed by atoms with Crippen LogP contribution in [-0.4, -0.2) is 27.2 Å². The number of hydrogen-bond acceptors (Lipinski definition) is 3. The van der Waals surface area contributed by atoms with E-state index in [1.165, 1.54) is 0 Å². The second-order valence-electron chi connectivity index (χ2n) is 4.94. The lowest BCUT2D eigenvalue weighted by Crippen LogP contribution is -2.18. The normalized spacial score (nSPS) is 14.3. The standard InChI is InChI=1S/C15H20N2OS/c1-11(8-9-19(3)18)16-15-10-12(2)17-14-7-5-4-6-13(14)15/h4-7,10-11H,8-9H2,1-3H3,(H,16,17). The maximum Gasteiger partial charge on any atom is 0.0725 e. The van der Waals surface area contributed by atoms with Crippen molar-refractivity contribution in [2.45, 2.75) is 26.3 Å². The predicted molar refractivity (Wildman–Crippen MR) is 83.1 cm³/mol. The number of fused-ring (bicyclic) bond motifs is 1. The first-order valence-electron chi connectivity index (χ1n) is 6.49. The SMILES string of the molecule is Cc1cc(NC(C)CCS(C)=O)c2ccccc2n1. The fourth-order valence-corrected chi connectivity index (χ4v) is 2.79. The van der Waals surface area contributed by atoms with Crippen molar-refractivity contribution in [1.82, 2.24) is 4.98 Å². The average Bonchev–Trinajstić information content (AvgIpc) is 2.36. The van der Waals surface area contributed by atoms with Crippen molar-refractivity contribution >= 4 is 27.4 Å². The monoisotopic (exact) mass is 276 g/mol. The van der Waals surface area contributed by atoms with E-state index >= 15 is 0 Å². The Balaban J connectivity index is 2.22. The fraction of sp³-hybridized carbons (Fsp3) is 0.400. The average molecular weight is 276 g/mol. The van der Waals surface area contributed by atoms with Gasteiger partial charge in [-0.25, -0.2) is 0 Å². The van der Waals surface area contributed by atoms with E-state index in [0.29, 0.717) is 6.04 Å². The van der Waals surface area contributed by atoms with Crippen LogP contribution in [0.1, 0.15) is 19.0 Å². The summed E-state index contributed by atoms with van der Waals surface area (Å²) in [5.74, 6) is 0.732. The molecule has 0 saturated carbocycles. The molecule has 2 atom stereocenters. The van der Waals surface area contributed by atoms with Crippen LogP contribution in [0.15, 0.2) is 30.3 Å². The summed E-state index contributed by atoms with van der Waals surface area (Å²) >= 11 is 0. The third-order valence-corrected chi connectivity index (χ3v) is 3.90. The number of nitrogens with one attached hydrogen (secondary N) is 1. The summed E-state index contributed by atoms with van der Waals surface area (Å²) < 4.78 is 11.1. The minimum absolute atomic E-state index is 0.300. The summed E-state index contributed by atoms with van der Waals surface area (Å²) in [5.41, 5.74) is 3.13. The summed E-state index contributed by atoms with van der Waals surface area (Å²) in [6, 6.07) is 10.5. The highest BCUT2D eigenvalue weighted by atomic mass is 32.2. The molecule has 3 nitrogen and oxygen atoms in total. The molecule has 1 N–H and O–H groups in total. The Morgan fingerprint density at radius 3 is 2.84 bits per heavy atom. The zero-order chi connectivity index (χ0) is 13.8. The van der Waals surface area contributed by atoms with Crippen LogP contribution in [0.3, 0.4) is 0 Å². The van der Waals surface area contributed by atoms with Gasteiger partial charge in [0.2, 0.25) is 0 Å². The summed E-state index contributed by atoms with van der Waals surface area (Å²) in [7, 11) is -0.728. The molecular weight excluding hydrogens is 256 g/mol. The topological polar surface area (TPSA) is 42.0 Å². The van der Waals surface area contributed by atoms with E-state index in [4.69, 9.17) is 0 Å². The van der Waals surface area contributed by atoms with Crippen LogP contribution in [0.4, 0.5) is 5.69 Å². The largest absolute Gasteiger partial charge is 0.382 e. The molecule has 0 radical (unpaired) electrons. The molecule has 0 bridgehead atoms. The molecule has 1 heterocycles. The molecule has 2 rings (SSSR count). The number of aryl methyl sites for hydroxylation is 1. The van der Waals surface area contributed by atoms with Crippen LogP contribution in [0.25, 0.3) is 10.9 Å². The molecule has 19 heavy (non-hydrogen) atoms. The zero-order valence-electron chi connectivity index (χ0n) is 11.6. The van der Waals surface area contributed by atoms with Gasteiger partial charge in [-0.15, -0.1) is 0 Å². The van der Waals surface area contributed by atoms with E-state index in [1.807, 2.05) is 25.1 Å². The number of aromatic nitrogens is 1. The number of rotatable bonds is 5. The van der Waals surface area contributed by atoms with Gasteiger partial charge in [-0.1, -0.05) is 18.2 Å². The molecule has 2 aromatic rings. The van der Waals surface area contributed by atoms with E-state index < -0.39 is 10.8 Å². The van der Waals surface area contributed by atoms with Crippen molar-refractivity contribution in [3.05, 3.63) is 36.0 Å². The number of pyridine rings is 1. The van der Waals surface area contributed by atoms with Gasteiger partial charge in [0, 0.05) is 45.6 Å². The predicted octanol–water partition coefficient (Wildman–Crippen LogP) is 3.11. The van der Waals surface area contributed by atoms with Crippen LogP contribution in [0, 0.1) is 6.92 Å². The highest BCUT2D eigenvalue weighted by Gasteiger charge is 2.07. The molecule has 0 amide bonds. The van der Waals surface area contributed by atoms with Crippen molar-refractivity contribution < 1.29 is 4.21 Å². The molecule has 2 unspecified atom stereocenters. The minimum atomic E-state index is -0.728. The number of nitrogens with zero attached hydrogens (tertiary/aromatic N) is 1. The molecule has 1 aromatic carbocycles. The van der Waals surface area contributed by atoms with Crippen LogP contribution in [0.2, 0.25) is 0 Å². The highest BCUT2D eigenvalue weighted by Crippen LogP contribution is 2.23. The summed E-state index contributed by atoms with van der Waals surface area (Å²) in [4.78, 5) is 4.53. The molecular formula is C15H20N2OS. The lowest BCUT2D eigenvalue weighted by atomic mass is 10.1. The van der Waals surface area contributed by atoms with E-state index in [1.54, 1.807) is 6.26 Å². The van der Waals surface area contributed by atoms with E-state index in [9.17, 15) is 4.21 Å². The number of para-hydroxylation sites is 1. The molecule has 4 heteroatoms. The van der Waals surface area contributed by atoms with Crippen LogP contribution in [-0.2, 0) is 10.8 Å². The van der Waals surface area contributed by atoms with Crippen molar-refractivity contribution in [3.8, 4) is 0 Å². The van der Waals surface area contributed by atoms with Gasteiger partial charge in [0.05, 0.1) is 5.52 Å². The second-order valence-corrected chi connectivity index (χ2v) is 6.49. The zero-order valence-corrected chi connectivity index (χ0v) is 12.5. The molecule has 102 valence electrons. The molecule has 0 fully saturated rings.